The smallest absolute Gasteiger partial charge is 0.266 e. The zero-order valence-corrected chi connectivity index (χ0v) is 17.5. The van der Waals surface area contributed by atoms with Crippen LogP contribution in [0.4, 0.5) is 5.69 Å². The SMILES string of the molecule is CON(C)S(=O)(=O)c1cc(C(=O)Nc2ccc(C(C)(C)C)cc2)ccc1Cl. The molecule has 1 N–H and O–H groups in total. The molecule has 6 nitrogen and oxygen atoms in total. The predicted molar refractivity (Wildman–Crippen MR) is 107 cm³/mol. The fourth-order valence-electron chi connectivity index (χ4n) is 2.34. The lowest BCUT2D eigenvalue weighted by molar-refractivity contribution is -0.0258. The minimum Gasteiger partial charge on any atom is -0.322 e. The van der Waals surface area contributed by atoms with Crippen LogP contribution in [0.15, 0.2) is 47.4 Å². The van der Waals surface area contributed by atoms with Crippen LogP contribution in [-0.4, -0.2) is 33.0 Å². The van der Waals surface area contributed by atoms with E-state index >= 15 is 0 Å². The van der Waals surface area contributed by atoms with E-state index in [4.69, 9.17) is 16.4 Å². The summed E-state index contributed by atoms with van der Waals surface area (Å²) in [6.45, 7) is 6.31. The summed E-state index contributed by atoms with van der Waals surface area (Å²) in [4.78, 5) is 17.1. The van der Waals surface area contributed by atoms with Gasteiger partial charge in [-0.25, -0.2) is 8.42 Å². The molecule has 0 saturated carbocycles. The molecule has 2 aromatic carbocycles. The molecule has 0 unspecified atom stereocenters. The number of hydrogen-bond donors (Lipinski definition) is 1. The first-order chi connectivity index (χ1) is 12.5. The molecule has 0 aliphatic rings. The van der Waals surface area contributed by atoms with Crippen molar-refractivity contribution in [3.63, 3.8) is 0 Å². The van der Waals surface area contributed by atoms with E-state index in [2.05, 4.69) is 26.1 Å². The van der Waals surface area contributed by atoms with Gasteiger partial charge in [0.25, 0.3) is 15.9 Å². The van der Waals surface area contributed by atoms with Gasteiger partial charge in [-0.15, -0.1) is 0 Å². The van der Waals surface area contributed by atoms with Crippen LogP contribution in [-0.2, 0) is 20.3 Å². The van der Waals surface area contributed by atoms with Gasteiger partial charge in [-0.1, -0.05) is 49.0 Å². The first-order valence-electron chi connectivity index (χ1n) is 8.21. The van der Waals surface area contributed by atoms with Crippen molar-refractivity contribution >= 4 is 33.2 Å². The van der Waals surface area contributed by atoms with E-state index in [0.29, 0.717) is 10.2 Å². The van der Waals surface area contributed by atoms with Crippen molar-refractivity contribution in [1.82, 2.24) is 4.47 Å². The van der Waals surface area contributed by atoms with Gasteiger partial charge in [-0.05, 0) is 41.3 Å². The molecule has 0 fully saturated rings. The number of carbonyl (C=O) groups excluding carboxylic acids is 1. The molecule has 0 spiro atoms. The molecule has 146 valence electrons. The van der Waals surface area contributed by atoms with Crippen molar-refractivity contribution in [2.45, 2.75) is 31.1 Å². The average molecular weight is 411 g/mol. The molecule has 27 heavy (non-hydrogen) atoms. The average Bonchev–Trinajstić information content (AvgIpc) is 2.60. The van der Waals surface area contributed by atoms with E-state index in [1.54, 1.807) is 0 Å². The Morgan fingerprint density at radius 3 is 2.22 bits per heavy atom. The van der Waals surface area contributed by atoms with E-state index in [1.165, 1.54) is 32.4 Å². The molecule has 0 aliphatic carbocycles. The number of carbonyl (C=O) groups is 1. The van der Waals surface area contributed by atoms with E-state index in [1.807, 2.05) is 24.3 Å². The maximum Gasteiger partial charge on any atom is 0.266 e. The highest BCUT2D eigenvalue weighted by molar-refractivity contribution is 7.89. The van der Waals surface area contributed by atoms with Gasteiger partial charge in [0, 0.05) is 18.3 Å². The fraction of sp³-hybridized carbons (Fsp3) is 0.316. The lowest BCUT2D eigenvalue weighted by Crippen LogP contribution is -2.26. The van der Waals surface area contributed by atoms with Crippen LogP contribution >= 0.6 is 11.6 Å². The van der Waals surface area contributed by atoms with Gasteiger partial charge < -0.3 is 5.32 Å². The number of sulfonamides is 1. The molecule has 1 amide bonds. The summed E-state index contributed by atoms with van der Waals surface area (Å²) in [5, 5.41) is 2.76. The Morgan fingerprint density at radius 2 is 1.70 bits per heavy atom. The van der Waals surface area contributed by atoms with Gasteiger partial charge >= 0.3 is 0 Å². The van der Waals surface area contributed by atoms with Crippen LogP contribution < -0.4 is 5.32 Å². The molecule has 0 saturated heterocycles. The highest BCUT2D eigenvalue weighted by Crippen LogP contribution is 2.26. The number of halogens is 1. The second-order valence-electron chi connectivity index (χ2n) is 7.02. The molecule has 0 aromatic heterocycles. The largest absolute Gasteiger partial charge is 0.322 e. The molecule has 2 aromatic rings. The van der Waals surface area contributed by atoms with Gasteiger partial charge in [0.1, 0.15) is 4.90 Å². The third-order valence-electron chi connectivity index (χ3n) is 4.08. The molecule has 0 radical (unpaired) electrons. The summed E-state index contributed by atoms with van der Waals surface area (Å²) in [6.07, 6.45) is 0. The Labute approximate surface area is 165 Å². The number of benzene rings is 2. The van der Waals surface area contributed by atoms with E-state index in [0.717, 1.165) is 5.56 Å². The third-order valence-corrected chi connectivity index (χ3v) is 6.24. The monoisotopic (exact) mass is 410 g/mol. The molecule has 0 bridgehead atoms. The minimum atomic E-state index is -3.97. The van der Waals surface area contributed by atoms with E-state index in [-0.39, 0.29) is 20.9 Å². The van der Waals surface area contributed by atoms with E-state index in [9.17, 15) is 13.2 Å². The summed E-state index contributed by atoms with van der Waals surface area (Å²) >= 11 is 6.01. The van der Waals surface area contributed by atoms with Gasteiger partial charge in [-0.2, -0.15) is 0 Å². The lowest BCUT2D eigenvalue weighted by Gasteiger charge is -2.19. The third kappa shape index (κ3) is 4.87. The quantitative estimate of drug-likeness (QED) is 0.754. The number of anilines is 1. The number of amides is 1. The Bertz CT molecular complexity index is 935. The lowest BCUT2D eigenvalue weighted by atomic mass is 9.87. The van der Waals surface area contributed by atoms with Crippen LogP contribution in [0, 0.1) is 0 Å². The summed E-state index contributed by atoms with van der Waals surface area (Å²) in [5.41, 5.74) is 1.93. The normalized spacial score (nSPS) is 12.3. The number of rotatable bonds is 5. The van der Waals surface area contributed by atoms with Crippen LogP contribution in [0.3, 0.4) is 0 Å². The highest BCUT2D eigenvalue weighted by atomic mass is 35.5. The number of nitrogens with zero attached hydrogens (tertiary/aromatic N) is 1. The van der Waals surface area contributed by atoms with Crippen molar-refractivity contribution in [2.75, 3.05) is 19.5 Å². The number of hydroxylamine groups is 1. The van der Waals surface area contributed by atoms with E-state index < -0.39 is 15.9 Å². The second-order valence-corrected chi connectivity index (χ2v) is 9.34. The van der Waals surface area contributed by atoms with Crippen molar-refractivity contribution in [1.29, 1.82) is 0 Å². The van der Waals surface area contributed by atoms with Crippen molar-refractivity contribution in [3.8, 4) is 0 Å². The van der Waals surface area contributed by atoms with Crippen molar-refractivity contribution in [2.24, 2.45) is 0 Å². The highest BCUT2D eigenvalue weighted by Gasteiger charge is 2.25. The Hall–Kier alpha value is -1.93. The van der Waals surface area contributed by atoms with Gasteiger partial charge in [0.15, 0.2) is 0 Å². The fourth-order valence-corrected chi connectivity index (χ4v) is 3.81. The maximum absolute atomic E-state index is 12.5. The molecular weight excluding hydrogens is 388 g/mol. The van der Waals surface area contributed by atoms with Crippen molar-refractivity contribution < 1.29 is 18.0 Å². The Balaban J connectivity index is 2.29. The summed E-state index contributed by atoms with van der Waals surface area (Å²) in [6, 6.07) is 11.6. The first-order valence-corrected chi connectivity index (χ1v) is 10.0. The standard InChI is InChI=1S/C19H23ClN2O4S/c1-19(2,3)14-7-9-15(10-8-14)21-18(23)13-6-11-16(20)17(12-13)27(24,25)22(4)26-5/h6-12H,1-5H3,(H,21,23). The van der Waals surface area contributed by atoms with Crippen LogP contribution in [0.1, 0.15) is 36.7 Å². The Kier molecular flexibility index (Phi) is 6.32. The number of hydrogen-bond acceptors (Lipinski definition) is 4. The molecule has 0 atom stereocenters. The zero-order chi connectivity index (χ0) is 20.4. The molecular formula is C19H23ClN2O4S. The van der Waals surface area contributed by atoms with Crippen LogP contribution in [0.25, 0.3) is 0 Å². The minimum absolute atomic E-state index is 0.00461. The van der Waals surface area contributed by atoms with Gasteiger partial charge in [-0.3, -0.25) is 9.63 Å². The maximum atomic E-state index is 12.5. The Morgan fingerprint density at radius 1 is 1.11 bits per heavy atom. The van der Waals surface area contributed by atoms with Crippen LogP contribution in [0.2, 0.25) is 5.02 Å². The summed E-state index contributed by atoms with van der Waals surface area (Å²) in [7, 11) is -1.50. The number of nitrogens with one attached hydrogen (secondary N) is 1. The zero-order valence-electron chi connectivity index (χ0n) is 15.9. The van der Waals surface area contributed by atoms with Crippen LogP contribution in [0.5, 0.6) is 0 Å². The van der Waals surface area contributed by atoms with Gasteiger partial charge in [0.05, 0.1) is 12.1 Å². The first kappa shape index (κ1) is 21.4. The topological polar surface area (TPSA) is 75.7 Å². The predicted octanol–water partition coefficient (Wildman–Crippen LogP) is 4.07. The molecule has 0 heterocycles. The molecule has 2 rings (SSSR count). The summed E-state index contributed by atoms with van der Waals surface area (Å²) in [5.74, 6) is -0.438. The molecule has 0 aliphatic heterocycles. The summed E-state index contributed by atoms with van der Waals surface area (Å²) < 4.78 is 25.5. The molecule has 8 heteroatoms. The van der Waals surface area contributed by atoms with Crippen molar-refractivity contribution in [3.05, 3.63) is 58.6 Å². The van der Waals surface area contributed by atoms with Gasteiger partial charge in [0.2, 0.25) is 0 Å². The second kappa shape index (κ2) is 7.98.